The molecule has 0 radical (unpaired) electrons. The number of carbonyl (C=O) groups excluding carboxylic acids is 1. The summed E-state index contributed by atoms with van der Waals surface area (Å²) in [7, 11) is 0. The Morgan fingerprint density at radius 3 is 2.73 bits per heavy atom. The highest BCUT2D eigenvalue weighted by Crippen LogP contribution is 2.54. The first-order valence-corrected chi connectivity index (χ1v) is 15.1. The van der Waals surface area contributed by atoms with Gasteiger partial charge in [-0.05, 0) is 120 Å². The van der Waals surface area contributed by atoms with E-state index >= 15 is 0 Å². The molecule has 2 aromatic carbocycles. The van der Waals surface area contributed by atoms with Crippen molar-refractivity contribution in [2.24, 2.45) is 16.8 Å². The summed E-state index contributed by atoms with van der Waals surface area (Å²) in [6.07, 6.45) is 18.5. The average molecular weight is 532 g/mol. The van der Waals surface area contributed by atoms with Crippen molar-refractivity contribution < 1.29 is 9.90 Å². The molecule has 3 aliphatic carbocycles. The molecule has 206 valence electrons. The van der Waals surface area contributed by atoms with Gasteiger partial charge in [0.1, 0.15) is 0 Å². The third-order valence-corrected chi connectivity index (χ3v) is 9.43. The fourth-order valence-corrected chi connectivity index (χ4v) is 6.41. The first kappa shape index (κ1) is 26.9. The van der Waals surface area contributed by atoms with Crippen LogP contribution in [-0.4, -0.2) is 23.7 Å². The SMILES string of the molecule is C=C1C=C(C2=CCC3(CC3)c3ccc(C(=O)C(C)CCO)cc3C2)N=CC(c2cc(CCC3CC3)ccc2C)=C1. The second-order valence-electron chi connectivity index (χ2n) is 12.6. The Labute approximate surface area is 239 Å². The van der Waals surface area contributed by atoms with Gasteiger partial charge in [0.05, 0.1) is 5.70 Å². The number of nitrogens with zero attached hydrogens (tertiary/aromatic N) is 1. The molecule has 6 rings (SSSR count). The summed E-state index contributed by atoms with van der Waals surface area (Å²) in [5.74, 6) is 0.859. The molecule has 3 nitrogen and oxygen atoms in total. The van der Waals surface area contributed by atoms with Gasteiger partial charge in [0.2, 0.25) is 0 Å². The third-order valence-electron chi connectivity index (χ3n) is 9.43. The van der Waals surface area contributed by atoms with E-state index in [0.717, 1.165) is 47.6 Å². The van der Waals surface area contributed by atoms with Gasteiger partial charge in [0.15, 0.2) is 5.78 Å². The lowest BCUT2D eigenvalue weighted by atomic mass is 9.86. The summed E-state index contributed by atoms with van der Waals surface area (Å²) < 4.78 is 0. The second-order valence-corrected chi connectivity index (χ2v) is 12.6. The maximum atomic E-state index is 13.1. The fourth-order valence-electron chi connectivity index (χ4n) is 6.41. The summed E-state index contributed by atoms with van der Waals surface area (Å²) in [6, 6.07) is 13.2. The highest BCUT2D eigenvalue weighted by molar-refractivity contribution is 6.12. The van der Waals surface area contributed by atoms with Crippen LogP contribution in [0.3, 0.4) is 0 Å². The molecular weight excluding hydrogens is 490 g/mol. The topological polar surface area (TPSA) is 49.7 Å². The molecular formula is C37H41NO2. The zero-order valence-corrected chi connectivity index (χ0v) is 24.0. The van der Waals surface area contributed by atoms with Crippen molar-refractivity contribution >= 4 is 17.6 Å². The Morgan fingerprint density at radius 2 is 1.98 bits per heavy atom. The van der Waals surface area contributed by atoms with Crippen LogP contribution in [0.5, 0.6) is 0 Å². The normalized spacial score (nSPS) is 20.2. The van der Waals surface area contributed by atoms with Gasteiger partial charge in [-0.25, -0.2) is 0 Å². The number of carbonyl (C=O) groups is 1. The lowest BCUT2D eigenvalue weighted by Crippen LogP contribution is -2.14. The quantitative estimate of drug-likeness (QED) is 0.333. The van der Waals surface area contributed by atoms with Crippen LogP contribution in [0.25, 0.3) is 5.57 Å². The Balaban J connectivity index is 1.27. The molecule has 40 heavy (non-hydrogen) atoms. The van der Waals surface area contributed by atoms with Crippen LogP contribution >= 0.6 is 0 Å². The minimum Gasteiger partial charge on any atom is -0.396 e. The number of aliphatic imine (C=N–C) groups is 1. The summed E-state index contributed by atoms with van der Waals surface area (Å²) >= 11 is 0. The van der Waals surface area contributed by atoms with Crippen molar-refractivity contribution in [3.05, 3.63) is 111 Å². The number of hydrogen-bond donors (Lipinski definition) is 1. The molecule has 4 aliphatic rings. The van der Waals surface area contributed by atoms with E-state index in [2.05, 4.69) is 62.1 Å². The van der Waals surface area contributed by atoms with Crippen molar-refractivity contribution in [1.29, 1.82) is 0 Å². The minimum absolute atomic E-state index is 0.0319. The number of benzene rings is 2. The van der Waals surface area contributed by atoms with Crippen molar-refractivity contribution in [2.75, 3.05) is 6.61 Å². The van der Waals surface area contributed by atoms with Crippen LogP contribution in [0.1, 0.15) is 90.0 Å². The summed E-state index contributed by atoms with van der Waals surface area (Å²) in [5, 5.41) is 9.34. The number of ketones is 1. The number of aliphatic hydroxyl groups excluding tert-OH is 1. The van der Waals surface area contributed by atoms with Gasteiger partial charge >= 0.3 is 0 Å². The van der Waals surface area contributed by atoms with Gasteiger partial charge in [-0.2, -0.15) is 0 Å². The molecule has 0 amide bonds. The van der Waals surface area contributed by atoms with E-state index in [1.165, 1.54) is 65.5 Å². The predicted molar refractivity (Wildman–Crippen MR) is 165 cm³/mol. The lowest BCUT2D eigenvalue weighted by Gasteiger charge is -2.18. The molecule has 2 aromatic rings. The predicted octanol–water partition coefficient (Wildman–Crippen LogP) is 8.05. The Kier molecular flexibility index (Phi) is 7.35. The number of fused-ring (bicyclic) bond motifs is 2. The average Bonchev–Trinajstić information content (AvgIpc) is 3.86. The molecule has 0 aromatic heterocycles. The number of hydrogen-bond acceptors (Lipinski definition) is 3. The largest absolute Gasteiger partial charge is 0.396 e. The Bertz CT molecular complexity index is 1480. The van der Waals surface area contributed by atoms with Gasteiger partial charge in [0.25, 0.3) is 0 Å². The molecule has 1 spiro atoms. The monoisotopic (exact) mass is 531 g/mol. The maximum absolute atomic E-state index is 13.1. The van der Waals surface area contributed by atoms with E-state index in [9.17, 15) is 9.90 Å². The van der Waals surface area contributed by atoms with Crippen LogP contribution in [0.4, 0.5) is 0 Å². The van der Waals surface area contributed by atoms with Crippen LogP contribution in [0, 0.1) is 18.8 Å². The van der Waals surface area contributed by atoms with E-state index in [-0.39, 0.29) is 23.7 Å². The number of aliphatic hydroxyl groups is 1. The molecule has 3 heteroatoms. The van der Waals surface area contributed by atoms with E-state index in [1.807, 2.05) is 19.2 Å². The smallest absolute Gasteiger partial charge is 0.165 e. The zero-order chi connectivity index (χ0) is 27.9. The Morgan fingerprint density at radius 1 is 1.15 bits per heavy atom. The molecule has 1 atom stereocenters. The molecule has 1 aliphatic heterocycles. The zero-order valence-electron chi connectivity index (χ0n) is 24.0. The molecule has 1 N–H and O–H groups in total. The van der Waals surface area contributed by atoms with Gasteiger partial charge in [-0.3, -0.25) is 9.79 Å². The highest BCUT2D eigenvalue weighted by Gasteiger charge is 2.45. The van der Waals surface area contributed by atoms with Crippen molar-refractivity contribution in [2.45, 2.75) is 77.0 Å². The molecule has 1 heterocycles. The van der Waals surface area contributed by atoms with Crippen LogP contribution in [-0.2, 0) is 18.3 Å². The van der Waals surface area contributed by atoms with E-state index < -0.39 is 0 Å². The molecule has 1 unspecified atom stereocenters. The van der Waals surface area contributed by atoms with Crippen LogP contribution in [0.2, 0.25) is 0 Å². The van der Waals surface area contributed by atoms with Crippen molar-refractivity contribution in [1.82, 2.24) is 0 Å². The first-order chi connectivity index (χ1) is 19.3. The maximum Gasteiger partial charge on any atom is 0.165 e. The van der Waals surface area contributed by atoms with Crippen LogP contribution < -0.4 is 0 Å². The highest BCUT2D eigenvalue weighted by atomic mass is 16.3. The summed E-state index contributed by atoms with van der Waals surface area (Å²) in [5.41, 5.74) is 11.7. The van der Waals surface area contributed by atoms with Crippen molar-refractivity contribution in [3.8, 4) is 0 Å². The van der Waals surface area contributed by atoms with Gasteiger partial charge in [-0.1, -0.05) is 62.8 Å². The number of Topliss-reactive ketones (excluding diaryl/α,β-unsaturated/α-hetero) is 1. The molecule has 2 fully saturated rings. The van der Waals surface area contributed by atoms with Crippen molar-refractivity contribution in [3.63, 3.8) is 0 Å². The van der Waals surface area contributed by atoms with Crippen LogP contribution in [0.15, 0.2) is 83.0 Å². The molecule has 0 bridgehead atoms. The second kappa shape index (κ2) is 10.9. The lowest BCUT2D eigenvalue weighted by molar-refractivity contribution is 0.0908. The number of allylic oxidation sites excluding steroid dienone is 6. The van der Waals surface area contributed by atoms with E-state index in [1.54, 1.807) is 0 Å². The Hall–Kier alpha value is -3.30. The van der Waals surface area contributed by atoms with Gasteiger partial charge < -0.3 is 5.11 Å². The molecule has 0 saturated heterocycles. The number of aryl methyl sites for hydroxylation is 2. The van der Waals surface area contributed by atoms with E-state index in [4.69, 9.17) is 4.99 Å². The fraction of sp³-hybridized carbons (Fsp3) is 0.405. The minimum atomic E-state index is -0.184. The molecule has 2 saturated carbocycles. The standard InChI is InChI=1S/C37H41NO2/c1-24-18-32(33-20-28(5-4-25(33)2)9-8-27-6-7-27)23-38-35(19-24)29-12-14-37(15-16-37)34-11-10-30(22-31(34)21-29)36(40)26(3)13-17-39/h4-5,10-12,18-20,22-23,26-27,39H,1,6-9,13-17,21H2,2-3H3. The summed E-state index contributed by atoms with van der Waals surface area (Å²) in [4.78, 5) is 18.1. The van der Waals surface area contributed by atoms with E-state index in [0.29, 0.717) is 6.42 Å². The third kappa shape index (κ3) is 5.63. The summed E-state index contributed by atoms with van der Waals surface area (Å²) in [6.45, 7) is 8.49. The van der Waals surface area contributed by atoms with Gasteiger partial charge in [-0.15, -0.1) is 0 Å². The van der Waals surface area contributed by atoms with Gasteiger partial charge in [0, 0.05) is 29.9 Å². The first-order valence-electron chi connectivity index (χ1n) is 15.1. The number of rotatable bonds is 9.